The van der Waals surface area contributed by atoms with Crippen LogP contribution in [0.5, 0.6) is 0 Å². The summed E-state index contributed by atoms with van der Waals surface area (Å²) in [5.41, 5.74) is 4.49. The fourth-order valence-corrected chi connectivity index (χ4v) is 3.13. The van der Waals surface area contributed by atoms with E-state index in [1.165, 1.54) is 0 Å². The van der Waals surface area contributed by atoms with Crippen LogP contribution in [0.1, 0.15) is 22.3 Å². The van der Waals surface area contributed by atoms with Crippen molar-refractivity contribution in [1.29, 1.82) is 0 Å². The Labute approximate surface area is 181 Å². The number of hydrogen-bond acceptors (Lipinski definition) is 3. The molecule has 152 valence electrons. The van der Waals surface area contributed by atoms with Crippen molar-refractivity contribution in [2.24, 2.45) is 0 Å². The minimum Gasteiger partial charge on any atom is -0.359 e. The van der Waals surface area contributed by atoms with E-state index >= 15 is 0 Å². The maximum absolute atomic E-state index is 12.4. The Kier molecular flexibility index (Phi) is 7.29. The van der Waals surface area contributed by atoms with E-state index in [2.05, 4.69) is 16.0 Å². The maximum Gasteiger partial charge on any atom is 0.257 e. The molecule has 3 N–H and O–H groups in total. The molecule has 3 aromatic carbocycles. The van der Waals surface area contributed by atoms with Crippen molar-refractivity contribution in [2.75, 3.05) is 12.4 Å². The quantitative estimate of drug-likeness (QED) is 0.527. The van der Waals surface area contributed by atoms with Crippen molar-refractivity contribution in [1.82, 2.24) is 10.6 Å². The van der Waals surface area contributed by atoms with E-state index < -0.39 is 0 Å². The van der Waals surface area contributed by atoms with E-state index in [9.17, 15) is 9.59 Å². The number of rotatable bonds is 6. The van der Waals surface area contributed by atoms with E-state index in [1.54, 1.807) is 19.2 Å². The molecule has 0 saturated heterocycles. The van der Waals surface area contributed by atoms with E-state index in [4.69, 9.17) is 12.2 Å². The second-order valence-electron chi connectivity index (χ2n) is 6.72. The van der Waals surface area contributed by atoms with Gasteiger partial charge in [0.2, 0.25) is 5.91 Å². The molecule has 30 heavy (non-hydrogen) atoms. The molecule has 0 fully saturated rings. The number of thiocarbonyl (C=S) groups is 1. The van der Waals surface area contributed by atoms with Gasteiger partial charge in [0.05, 0.1) is 0 Å². The van der Waals surface area contributed by atoms with Crippen molar-refractivity contribution >= 4 is 34.8 Å². The van der Waals surface area contributed by atoms with Crippen LogP contribution < -0.4 is 16.0 Å². The fraction of sp³-hybridized carbons (Fsp3) is 0.125. The average molecular weight is 418 g/mol. The van der Waals surface area contributed by atoms with Gasteiger partial charge in [-0.3, -0.25) is 14.9 Å². The molecule has 0 atom stereocenters. The molecule has 0 bridgehead atoms. The van der Waals surface area contributed by atoms with Gasteiger partial charge in [-0.15, -0.1) is 0 Å². The summed E-state index contributed by atoms with van der Waals surface area (Å²) >= 11 is 5.25. The highest BCUT2D eigenvalue weighted by atomic mass is 32.1. The summed E-state index contributed by atoms with van der Waals surface area (Å²) in [7, 11) is 1.63. The van der Waals surface area contributed by atoms with Crippen molar-refractivity contribution in [3.05, 3.63) is 90.0 Å². The molecule has 0 heterocycles. The molecule has 0 spiro atoms. The first-order valence-electron chi connectivity index (χ1n) is 9.62. The molecule has 3 aromatic rings. The van der Waals surface area contributed by atoms with Crippen LogP contribution in [0.25, 0.3) is 11.1 Å². The van der Waals surface area contributed by atoms with Crippen molar-refractivity contribution in [3.8, 4) is 11.1 Å². The van der Waals surface area contributed by atoms with E-state index in [0.29, 0.717) is 18.4 Å². The van der Waals surface area contributed by atoms with Crippen LogP contribution in [-0.4, -0.2) is 24.0 Å². The molecule has 5 nitrogen and oxygen atoms in total. The zero-order valence-corrected chi connectivity index (χ0v) is 17.5. The van der Waals surface area contributed by atoms with Gasteiger partial charge >= 0.3 is 0 Å². The molecule has 6 heteroatoms. The van der Waals surface area contributed by atoms with Crippen molar-refractivity contribution < 1.29 is 9.59 Å². The minimum atomic E-state index is -0.269. The Balaban J connectivity index is 1.53. The summed E-state index contributed by atoms with van der Waals surface area (Å²) in [6, 6.07) is 25.0. The molecule has 0 aliphatic carbocycles. The summed E-state index contributed by atoms with van der Waals surface area (Å²) < 4.78 is 0. The first kappa shape index (κ1) is 21.2. The number of amides is 2. The van der Waals surface area contributed by atoms with Crippen LogP contribution in [0.15, 0.2) is 78.9 Å². The number of benzene rings is 3. The second kappa shape index (κ2) is 10.3. The van der Waals surface area contributed by atoms with E-state index in [0.717, 1.165) is 22.4 Å². The van der Waals surface area contributed by atoms with E-state index in [1.807, 2.05) is 66.7 Å². The third-order valence-corrected chi connectivity index (χ3v) is 4.82. The van der Waals surface area contributed by atoms with Gasteiger partial charge in [-0.05, 0) is 59.6 Å². The minimum absolute atomic E-state index is 0.0119. The third-order valence-electron chi connectivity index (χ3n) is 4.61. The Morgan fingerprint density at radius 1 is 0.833 bits per heavy atom. The standard InChI is InChI=1S/C24H23N3O2S/c1-25-22(28)16-9-17-7-14-21(15-8-17)26-24(30)27-23(29)20-12-10-19(11-13-20)18-5-3-2-4-6-18/h2-8,10-15H,9,16H2,1H3,(H,25,28)(H2,26,27,29,30). The lowest BCUT2D eigenvalue weighted by molar-refractivity contribution is -0.120. The Bertz CT molecular complexity index is 1020. The van der Waals surface area contributed by atoms with Gasteiger partial charge in [0.25, 0.3) is 5.91 Å². The lowest BCUT2D eigenvalue weighted by Gasteiger charge is -2.11. The van der Waals surface area contributed by atoms with Crippen LogP contribution in [0.2, 0.25) is 0 Å². The monoisotopic (exact) mass is 417 g/mol. The third kappa shape index (κ3) is 5.99. The molecular weight excluding hydrogens is 394 g/mol. The smallest absolute Gasteiger partial charge is 0.257 e. The van der Waals surface area contributed by atoms with Crippen LogP contribution in [0.4, 0.5) is 5.69 Å². The summed E-state index contributed by atoms with van der Waals surface area (Å²) in [6.07, 6.45) is 1.11. The predicted molar refractivity (Wildman–Crippen MR) is 124 cm³/mol. The Morgan fingerprint density at radius 2 is 1.47 bits per heavy atom. The predicted octanol–water partition coefficient (Wildman–Crippen LogP) is 4.16. The highest BCUT2D eigenvalue weighted by Gasteiger charge is 2.09. The molecule has 3 rings (SSSR count). The normalized spacial score (nSPS) is 10.2. The molecular formula is C24H23N3O2S. The zero-order valence-electron chi connectivity index (χ0n) is 16.6. The lowest BCUT2D eigenvalue weighted by atomic mass is 10.0. The molecule has 0 radical (unpaired) electrons. The number of anilines is 1. The summed E-state index contributed by atoms with van der Waals surface area (Å²) in [5, 5.41) is 8.53. The number of nitrogens with one attached hydrogen (secondary N) is 3. The average Bonchev–Trinajstić information content (AvgIpc) is 2.79. The zero-order chi connectivity index (χ0) is 21.3. The van der Waals surface area contributed by atoms with Gasteiger partial charge in [0.1, 0.15) is 0 Å². The van der Waals surface area contributed by atoms with Gasteiger partial charge < -0.3 is 10.6 Å². The highest BCUT2D eigenvalue weighted by Crippen LogP contribution is 2.19. The number of carbonyl (C=O) groups excluding carboxylic acids is 2. The molecule has 0 aromatic heterocycles. The first-order chi connectivity index (χ1) is 14.5. The largest absolute Gasteiger partial charge is 0.359 e. The number of aryl methyl sites for hydroxylation is 1. The van der Waals surface area contributed by atoms with Crippen LogP contribution in [-0.2, 0) is 11.2 Å². The number of carbonyl (C=O) groups is 2. The lowest BCUT2D eigenvalue weighted by Crippen LogP contribution is -2.34. The van der Waals surface area contributed by atoms with Gasteiger partial charge in [0.15, 0.2) is 5.11 Å². The second-order valence-corrected chi connectivity index (χ2v) is 7.13. The van der Waals surface area contributed by atoms with Gasteiger partial charge in [-0.1, -0.05) is 54.6 Å². The molecule has 0 saturated carbocycles. The summed E-state index contributed by atoms with van der Waals surface area (Å²) in [6.45, 7) is 0. The molecule has 0 aliphatic heterocycles. The van der Waals surface area contributed by atoms with Crippen LogP contribution in [0.3, 0.4) is 0 Å². The topological polar surface area (TPSA) is 70.2 Å². The van der Waals surface area contributed by atoms with E-state index in [-0.39, 0.29) is 16.9 Å². The molecule has 2 amide bonds. The maximum atomic E-state index is 12.4. The summed E-state index contributed by atoms with van der Waals surface area (Å²) in [4.78, 5) is 23.8. The van der Waals surface area contributed by atoms with Crippen LogP contribution >= 0.6 is 12.2 Å². The van der Waals surface area contributed by atoms with Gasteiger partial charge in [0, 0.05) is 24.7 Å². The highest BCUT2D eigenvalue weighted by molar-refractivity contribution is 7.80. The molecule has 0 aliphatic rings. The Morgan fingerprint density at radius 3 is 2.10 bits per heavy atom. The number of hydrogen-bond donors (Lipinski definition) is 3. The first-order valence-corrected chi connectivity index (χ1v) is 10.0. The fourth-order valence-electron chi connectivity index (χ4n) is 2.92. The van der Waals surface area contributed by atoms with Crippen molar-refractivity contribution in [3.63, 3.8) is 0 Å². The van der Waals surface area contributed by atoms with Gasteiger partial charge in [-0.2, -0.15) is 0 Å². The van der Waals surface area contributed by atoms with Gasteiger partial charge in [-0.25, -0.2) is 0 Å². The summed E-state index contributed by atoms with van der Waals surface area (Å²) in [5.74, 6) is -0.257. The Hall–Kier alpha value is -3.51. The van der Waals surface area contributed by atoms with Crippen LogP contribution in [0, 0.1) is 0 Å². The van der Waals surface area contributed by atoms with Crippen molar-refractivity contribution in [2.45, 2.75) is 12.8 Å². The molecule has 0 unspecified atom stereocenters. The SMILES string of the molecule is CNC(=O)CCc1ccc(NC(=S)NC(=O)c2ccc(-c3ccccc3)cc2)cc1.